The van der Waals surface area contributed by atoms with E-state index in [0.29, 0.717) is 11.3 Å². The van der Waals surface area contributed by atoms with Gasteiger partial charge in [-0.25, -0.2) is 0 Å². The first-order valence-electron chi connectivity index (χ1n) is 7.09. The van der Waals surface area contributed by atoms with E-state index in [1.165, 1.54) is 6.07 Å². The highest BCUT2D eigenvalue weighted by Crippen LogP contribution is 2.31. The summed E-state index contributed by atoms with van der Waals surface area (Å²) in [4.78, 5) is 10.6. The first-order chi connectivity index (χ1) is 9.49. The summed E-state index contributed by atoms with van der Waals surface area (Å²) in [5, 5.41) is 21.1. The average molecular weight is 279 g/mol. The average Bonchev–Trinajstić information content (AvgIpc) is 2.57. The molecule has 1 aromatic carbocycles. The minimum atomic E-state index is -0.489. The quantitative estimate of drug-likeness (QED) is 0.523. The second-order valence-electron chi connectivity index (χ2n) is 5.52. The van der Waals surface area contributed by atoms with Crippen molar-refractivity contribution < 1.29 is 14.8 Å². The van der Waals surface area contributed by atoms with E-state index in [-0.39, 0.29) is 11.8 Å². The summed E-state index contributed by atoms with van der Waals surface area (Å²) in [6.45, 7) is 3.59. The Morgan fingerprint density at radius 2 is 1.90 bits per heavy atom. The molecule has 110 valence electrons. The summed E-state index contributed by atoms with van der Waals surface area (Å²) < 4.78 is 5.87. The van der Waals surface area contributed by atoms with E-state index in [1.807, 2.05) is 6.92 Å². The summed E-state index contributed by atoms with van der Waals surface area (Å²) in [7, 11) is 0. The van der Waals surface area contributed by atoms with E-state index >= 15 is 0 Å². The number of hydrogen-bond acceptors (Lipinski definition) is 4. The standard InChI is InChI=1S/C15H21NO4/c1-10-8-11(2)15(9-12(10)16(18)19)20-14-7-5-3-4-6-13(14)17/h8-9,13-14,17H,3-7H2,1-2H3. The molecule has 0 bridgehead atoms. The van der Waals surface area contributed by atoms with E-state index in [1.54, 1.807) is 13.0 Å². The predicted octanol–water partition coefficient (Wildman–Crippen LogP) is 3.28. The van der Waals surface area contributed by atoms with Gasteiger partial charge < -0.3 is 9.84 Å². The Balaban J connectivity index is 2.23. The lowest BCUT2D eigenvalue weighted by molar-refractivity contribution is -0.385. The maximum absolute atomic E-state index is 11.0. The first-order valence-corrected chi connectivity index (χ1v) is 7.09. The number of ether oxygens (including phenoxy) is 1. The molecule has 0 aliphatic heterocycles. The molecule has 0 aromatic heterocycles. The van der Waals surface area contributed by atoms with Crippen LogP contribution in [0, 0.1) is 24.0 Å². The third kappa shape index (κ3) is 3.28. The molecular weight excluding hydrogens is 258 g/mol. The van der Waals surface area contributed by atoms with Gasteiger partial charge in [0.2, 0.25) is 0 Å². The Morgan fingerprint density at radius 3 is 2.60 bits per heavy atom. The Hall–Kier alpha value is -1.62. The van der Waals surface area contributed by atoms with Crippen molar-refractivity contribution in [3.8, 4) is 5.75 Å². The number of hydrogen-bond donors (Lipinski definition) is 1. The molecule has 5 nitrogen and oxygen atoms in total. The van der Waals surface area contributed by atoms with Crippen molar-refractivity contribution in [2.75, 3.05) is 0 Å². The monoisotopic (exact) mass is 279 g/mol. The molecule has 0 amide bonds. The highest BCUT2D eigenvalue weighted by molar-refractivity contribution is 5.49. The van der Waals surface area contributed by atoms with Gasteiger partial charge in [0.1, 0.15) is 11.9 Å². The van der Waals surface area contributed by atoms with Crippen molar-refractivity contribution >= 4 is 5.69 Å². The zero-order chi connectivity index (χ0) is 14.7. The lowest BCUT2D eigenvalue weighted by Crippen LogP contribution is -2.30. The van der Waals surface area contributed by atoms with E-state index in [9.17, 15) is 15.2 Å². The van der Waals surface area contributed by atoms with Crippen LogP contribution in [0.5, 0.6) is 5.75 Å². The van der Waals surface area contributed by atoms with Crippen LogP contribution in [0.2, 0.25) is 0 Å². The summed E-state index contributed by atoms with van der Waals surface area (Å²) >= 11 is 0. The van der Waals surface area contributed by atoms with Crippen LogP contribution >= 0.6 is 0 Å². The van der Waals surface area contributed by atoms with Crippen LogP contribution in [0.3, 0.4) is 0 Å². The summed E-state index contributed by atoms with van der Waals surface area (Å²) in [5.41, 5.74) is 1.56. The minimum Gasteiger partial charge on any atom is -0.487 e. The maximum atomic E-state index is 11.0. The minimum absolute atomic E-state index is 0.0636. The highest BCUT2D eigenvalue weighted by Gasteiger charge is 2.25. The van der Waals surface area contributed by atoms with Gasteiger partial charge in [0, 0.05) is 5.56 Å². The molecule has 0 spiro atoms. The number of nitro groups is 1. The lowest BCUT2D eigenvalue weighted by Gasteiger charge is -2.23. The Morgan fingerprint density at radius 1 is 1.20 bits per heavy atom. The number of rotatable bonds is 3. The second kappa shape index (κ2) is 6.22. The molecule has 1 saturated carbocycles. The van der Waals surface area contributed by atoms with Gasteiger partial charge in [-0.2, -0.15) is 0 Å². The Bertz CT molecular complexity index is 501. The molecule has 0 heterocycles. The van der Waals surface area contributed by atoms with Gasteiger partial charge in [-0.15, -0.1) is 0 Å². The van der Waals surface area contributed by atoms with Crippen molar-refractivity contribution in [3.63, 3.8) is 0 Å². The van der Waals surface area contributed by atoms with E-state index in [4.69, 9.17) is 4.74 Å². The molecule has 1 aromatic rings. The van der Waals surface area contributed by atoms with Gasteiger partial charge in [-0.3, -0.25) is 10.1 Å². The smallest absolute Gasteiger partial charge is 0.276 e. The zero-order valence-corrected chi connectivity index (χ0v) is 12.0. The number of aliphatic hydroxyl groups excluding tert-OH is 1. The molecule has 0 saturated heterocycles. The van der Waals surface area contributed by atoms with Gasteiger partial charge in [-0.1, -0.05) is 12.8 Å². The highest BCUT2D eigenvalue weighted by atomic mass is 16.6. The van der Waals surface area contributed by atoms with Crippen LogP contribution in [0.1, 0.15) is 43.2 Å². The van der Waals surface area contributed by atoms with Crippen LogP contribution in [0.4, 0.5) is 5.69 Å². The van der Waals surface area contributed by atoms with Gasteiger partial charge in [-0.05, 0) is 44.7 Å². The van der Waals surface area contributed by atoms with Crippen molar-refractivity contribution in [2.24, 2.45) is 0 Å². The molecule has 2 atom stereocenters. The molecule has 1 aliphatic rings. The first kappa shape index (κ1) is 14.8. The molecule has 1 aliphatic carbocycles. The molecule has 20 heavy (non-hydrogen) atoms. The fourth-order valence-electron chi connectivity index (χ4n) is 2.70. The Kier molecular flexibility index (Phi) is 4.60. The molecule has 5 heteroatoms. The van der Waals surface area contributed by atoms with E-state index < -0.39 is 11.0 Å². The van der Waals surface area contributed by atoms with E-state index in [2.05, 4.69) is 0 Å². The van der Waals surface area contributed by atoms with Gasteiger partial charge in [0.05, 0.1) is 17.1 Å². The van der Waals surface area contributed by atoms with Crippen LogP contribution in [0.25, 0.3) is 0 Å². The number of aryl methyl sites for hydroxylation is 2. The molecule has 2 unspecified atom stereocenters. The van der Waals surface area contributed by atoms with Gasteiger partial charge in [0.15, 0.2) is 0 Å². The van der Waals surface area contributed by atoms with Crippen molar-refractivity contribution in [1.29, 1.82) is 0 Å². The topological polar surface area (TPSA) is 72.6 Å². The van der Waals surface area contributed by atoms with E-state index in [0.717, 1.165) is 37.7 Å². The number of nitro benzene ring substituents is 1. The van der Waals surface area contributed by atoms with Gasteiger partial charge >= 0.3 is 0 Å². The van der Waals surface area contributed by atoms with Crippen LogP contribution in [-0.2, 0) is 0 Å². The third-order valence-corrected chi connectivity index (χ3v) is 3.89. The second-order valence-corrected chi connectivity index (χ2v) is 5.52. The van der Waals surface area contributed by atoms with Crippen molar-refractivity contribution in [3.05, 3.63) is 33.4 Å². The molecule has 2 rings (SSSR count). The lowest BCUT2D eigenvalue weighted by atomic mass is 10.1. The molecule has 0 radical (unpaired) electrons. The third-order valence-electron chi connectivity index (χ3n) is 3.89. The van der Waals surface area contributed by atoms with Crippen LogP contribution in [-0.4, -0.2) is 22.2 Å². The van der Waals surface area contributed by atoms with Crippen molar-refractivity contribution in [1.82, 2.24) is 0 Å². The Labute approximate surface area is 118 Å². The molecule has 1 N–H and O–H groups in total. The number of aliphatic hydroxyl groups is 1. The largest absolute Gasteiger partial charge is 0.487 e. The van der Waals surface area contributed by atoms with Crippen LogP contribution < -0.4 is 4.74 Å². The number of nitrogens with zero attached hydrogens (tertiary/aromatic N) is 1. The van der Waals surface area contributed by atoms with Gasteiger partial charge in [0.25, 0.3) is 5.69 Å². The van der Waals surface area contributed by atoms with Crippen molar-refractivity contribution in [2.45, 2.75) is 58.2 Å². The zero-order valence-electron chi connectivity index (χ0n) is 12.0. The summed E-state index contributed by atoms with van der Waals surface area (Å²) in [6.07, 6.45) is 3.91. The fourth-order valence-corrected chi connectivity index (χ4v) is 2.70. The summed E-state index contributed by atoms with van der Waals surface area (Å²) in [6, 6.07) is 3.23. The summed E-state index contributed by atoms with van der Waals surface area (Å²) in [5.74, 6) is 0.508. The fraction of sp³-hybridized carbons (Fsp3) is 0.600. The van der Waals surface area contributed by atoms with Crippen LogP contribution in [0.15, 0.2) is 12.1 Å². The molecule has 1 fully saturated rings. The predicted molar refractivity (Wildman–Crippen MR) is 76.1 cm³/mol. The number of benzene rings is 1. The normalized spacial score (nSPS) is 23.1. The SMILES string of the molecule is Cc1cc(C)c([N+](=O)[O-])cc1OC1CCCCCC1O. The molecular formula is C15H21NO4. The maximum Gasteiger partial charge on any atom is 0.276 e.